The molecule has 1 aliphatic heterocycles. The van der Waals surface area contributed by atoms with Crippen LogP contribution in [0.2, 0.25) is 0 Å². The van der Waals surface area contributed by atoms with E-state index < -0.39 is 5.54 Å². The van der Waals surface area contributed by atoms with Gasteiger partial charge in [-0.05, 0) is 46.6 Å². The van der Waals surface area contributed by atoms with Gasteiger partial charge in [0.05, 0.1) is 12.7 Å². The van der Waals surface area contributed by atoms with Crippen LogP contribution >= 0.6 is 0 Å². The van der Waals surface area contributed by atoms with Crippen LogP contribution in [0, 0.1) is 0 Å². The summed E-state index contributed by atoms with van der Waals surface area (Å²) < 4.78 is 10.7. The van der Waals surface area contributed by atoms with Crippen molar-refractivity contribution >= 4 is 5.97 Å². The summed E-state index contributed by atoms with van der Waals surface area (Å²) in [6, 6.07) is 0. The molecule has 1 rings (SSSR count). The molecule has 2 unspecified atom stereocenters. The van der Waals surface area contributed by atoms with Crippen LogP contribution in [0.1, 0.15) is 40.0 Å². The van der Waals surface area contributed by atoms with Crippen molar-refractivity contribution in [3.05, 3.63) is 0 Å². The Bertz CT molecular complexity index is 280. The Morgan fingerprint density at radius 2 is 2.16 bits per heavy atom. The van der Waals surface area contributed by atoms with Crippen molar-refractivity contribution in [2.24, 2.45) is 5.73 Å². The number of nitrogens with zero attached hydrogens (tertiary/aromatic N) is 1. The summed E-state index contributed by atoms with van der Waals surface area (Å²) in [5.41, 5.74) is 5.13. The molecule has 5 heteroatoms. The Morgan fingerprint density at radius 1 is 1.42 bits per heavy atom. The van der Waals surface area contributed by atoms with E-state index >= 15 is 0 Å². The lowest BCUT2D eigenvalue weighted by Crippen LogP contribution is -2.50. The van der Waals surface area contributed by atoms with Crippen molar-refractivity contribution in [1.29, 1.82) is 0 Å². The molecule has 0 aromatic rings. The third-order valence-corrected chi connectivity index (χ3v) is 3.55. The first-order valence-electron chi connectivity index (χ1n) is 7.29. The summed E-state index contributed by atoms with van der Waals surface area (Å²) in [5.74, 6) is -0.312. The molecule has 0 amide bonds. The molecule has 0 saturated carbocycles. The molecule has 112 valence electrons. The number of rotatable bonds is 7. The smallest absolute Gasteiger partial charge is 0.325 e. The monoisotopic (exact) mass is 272 g/mol. The topological polar surface area (TPSA) is 64.8 Å². The highest BCUT2D eigenvalue weighted by Gasteiger charge is 2.31. The molecule has 1 saturated heterocycles. The number of piperidine rings is 1. The van der Waals surface area contributed by atoms with Gasteiger partial charge in [0.2, 0.25) is 0 Å². The fraction of sp³-hybridized carbons (Fsp3) is 0.929. The van der Waals surface area contributed by atoms with Gasteiger partial charge in [0.25, 0.3) is 0 Å². The Labute approximate surface area is 116 Å². The minimum atomic E-state index is -0.894. The van der Waals surface area contributed by atoms with Crippen LogP contribution in [0.3, 0.4) is 0 Å². The highest BCUT2D eigenvalue weighted by Crippen LogP contribution is 2.16. The van der Waals surface area contributed by atoms with Gasteiger partial charge in [-0.25, -0.2) is 0 Å². The molecule has 0 aliphatic carbocycles. The molecule has 0 spiro atoms. The zero-order chi connectivity index (χ0) is 14.3. The van der Waals surface area contributed by atoms with Crippen molar-refractivity contribution in [3.8, 4) is 0 Å². The van der Waals surface area contributed by atoms with E-state index in [1.165, 1.54) is 0 Å². The summed E-state index contributed by atoms with van der Waals surface area (Å²) in [4.78, 5) is 14.0. The van der Waals surface area contributed by atoms with Crippen LogP contribution in [0.5, 0.6) is 0 Å². The van der Waals surface area contributed by atoms with Gasteiger partial charge in [0.15, 0.2) is 0 Å². The molecule has 19 heavy (non-hydrogen) atoms. The molecule has 5 nitrogen and oxygen atoms in total. The standard InChI is InChI=1S/C14H28N2O3/c1-4-18-12-7-6-9-16(11-12)10-8-14(3,15)13(17)19-5-2/h12H,4-11,15H2,1-3H3. The van der Waals surface area contributed by atoms with Crippen molar-refractivity contribution in [2.75, 3.05) is 32.8 Å². The van der Waals surface area contributed by atoms with Gasteiger partial charge in [-0.1, -0.05) is 0 Å². The molecule has 1 fully saturated rings. The largest absolute Gasteiger partial charge is 0.465 e. The van der Waals surface area contributed by atoms with Crippen LogP contribution in [0.4, 0.5) is 0 Å². The van der Waals surface area contributed by atoms with Gasteiger partial charge in [-0.2, -0.15) is 0 Å². The first kappa shape index (κ1) is 16.4. The molecular formula is C14H28N2O3. The van der Waals surface area contributed by atoms with Gasteiger partial charge < -0.3 is 20.1 Å². The lowest BCUT2D eigenvalue weighted by Gasteiger charge is -2.34. The zero-order valence-corrected chi connectivity index (χ0v) is 12.5. The van der Waals surface area contributed by atoms with E-state index in [2.05, 4.69) is 4.90 Å². The van der Waals surface area contributed by atoms with Gasteiger partial charge in [0.1, 0.15) is 5.54 Å². The SMILES string of the molecule is CCOC(=O)C(C)(N)CCN1CCCC(OCC)C1. The van der Waals surface area contributed by atoms with Crippen molar-refractivity contribution in [2.45, 2.75) is 51.7 Å². The fourth-order valence-electron chi connectivity index (χ4n) is 2.38. The fourth-order valence-corrected chi connectivity index (χ4v) is 2.38. The van der Waals surface area contributed by atoms with Gasteiger partial charge in [0, 0.05) is 19.7 Å². The molecule has 0 radical (unpaired) electrons. The predicted octanol–water partition coefficient (Wildman–Crippen LogP) is 1.16. The third-order valence-electron chi connectivity index (χ3n) is 3.55. The van der Waals surface area contributed by atoms with Crippen LogP contribution in [-0.2, 0) is 14.3 Å². The highest BCUT2D eigenvalue weighted by molar-refractivity contribution is 5.79. The second-order valence-electron chi connectivity index (χ2n) is 5.41. The van der Waals surface area contributed by atoms with Gasteiger partial charge in [-0.15, -0.1) is 0 Å². The van der Waals surface area contributed by atoms with E-state index in [-0.39, 0.29) is 5.97 Å². The molecular weight excluding hydrogens is 244 g/mol. The number of carbonyl (C=O) groups is 1. The summed E-state index contributed by atoms with van der Waals surface area (Å²) in [6.07, 6.45) is 3.21. The first-order chi connectivity index (χ1) is 8.99. The average molecular weight is 272 g/mol. The summed E-state index contributed by atoms with van der Waals surface area (Å²) in [7, 11) is 0. The van der Waals surface area contributed by atoms with E-state index in [4.69, 9.17) is 15.2 Å². The first-order valence-corrected chi connectivity index (χ1v) is 7.29. The Hall–Kier alpha value is -0.650. The quantitative estimate of drug-likeness (QED) is 0.705. The van der Waals surface area contributed by atoms with Crippen molar-refractivity contribution < 1.29 is 14.3 Å². The highest BCUT2D eigenvalue weighted by atomic mass is 16.5. The maximum absolute atomic E-state index is 11.7. The summed E-state index contributed by atoms with van der Waals surface area (Å²) in [5, 5.41) is 0. The van der Waals surface area contributed by atoms with Crippen LogP contribution in [-0.4, -0.2) is 55.4 Å². The molecule has 1 heterocycles. The van der Waals surface area contributed by atoms with Gasteiger partial charge >= 0.3 is 5.97 Å². The number of esters is 1. The van der Waals surface area contributed by atoms with E-state index in [9.17, 15) is 4.79 Å². The Kier molecular flexibility index (Phi) is 6.75. The van der Waals surface area contributed by atoms with Crippen molar-refractivity contribution in [3.63, 3.8) is 0 Å². The molecule has 2 atom stereocenters. The van der Waals surface area contributed by atoms with Crippen LogP contribution in [0.25, 0.3) is 0 Å². The normalized spacial score (nSPS) is 23.9. The molecule has 0 aromatic carbocycles. The molecule has 1 aliphatic rings. The number of likely N-dealkylation sites (tertiary alicyclic amines) is 1. The lowest BCUT2D eigenvalue weighted by atomic mass is 9.98. The minimum Gasteiger partial charge on any atom is -0.465 e. The average Bonchev–Trinajstić information content (AvgIpc) is 2.38. The third kappa shape index (κ3) is 5.47. The number of ether oxygens (including phenoxy) is 2. The van der Waals surface area contributed by atoms with Gasteiger partial charge in [-0.3, -0.25) is 4.79 Å². The lowest BCUT2D eigenvalue weighted by molar-refractivity contribution is -0.149. The molecule has 0 aromatic heterocycles. The molecule has 2 N–H and O–H groups in total. The predicted molar refractivity (Wildman–Crippen MR) is 74.9 cm³/mol. The Balaban J connectivity index is 2.36. The van der Waals surface area contributed by atoms with E-state index in [1.807, 2.05) is 6.92 Å². The second-order valence-corrected chi connectivity index (χ2v) is 5.41. The summed E-state index contributed by atoms with van der Waals surface area (Å²) >= 11 is 0. The summed E-state index contributed by atoms with van der Waals surface area (Å²) in [6.45, 7) is 9.51. The molecule has 0 bridgehead atoms. The van der Waals surface area contributed by atoms with E-state index in [0.717, 1.165) is 39.1 Å². The second kappa shape index (κ2) is 7.82. The Morgan fingerprint density at radius 3 is 2.79 bits per heavy atom. The minimum absolute atomic E-state index is 0.312. The number of carbonyl (C=O) groups excluding carboxylic acids is 1. The number of hydrogen-bond acceptors (Lipinski definition) is 5. The van der Waals surface area contributed by atoms with Crippen LogP contribution in [0.15, 0.2) is 0 Å². The maximum Gasteiger partial charge on any atom is 0.325 e. The van der Waals surface area contributed by atoms with Crippen molar-refractivity contribution in [1.82, 2.24) is 4.90 Å². The zero-order valence-electron chi connectivity index (χ0n) is 12.5. The van der Waals surface area contributed by atoms with E-state index in [0.29, 0.717) is 19.1 Å². The van der Waals surface area contributed by atoms with E-state index in [1.54, 1.807) is 13.8 Å². The number of hydrogen-bond donors (Lipinski definition) is 1. The maximum atomic E-state index is 11.7. The van der Waals surface area contributed by atoms with Crippen LogP contribution < -0.4 is 5.73 Å². The number of nitrogens with two attached hydrogens (primary N) is 1.